The fourth-order valence-corrected chi connectivity index (χ4v) is 2.73. The van der Waals surface area contributed by atoms with Crippen LogP contribution in [-0.4, -0.2) is 6.61 Å². The molecule has 0 radical (unpaired) electrons. The maximum absolute atomic E-state index is 5.85. The van der Waals surface area contributed by atoms with E-state index in [1.807, 2.05) is 30.3 Å². The number of nitrogens with two attached hydrogens (primary N) is 1. The van der Waals surface area contributed by atoms with E-state index in [-0.39, 0.29) is 6.04 Å². The molecular formula is C17H21BrN2O. The average Bonchev–Trinajstić information content (AvgIpc) is 2.51. The van der Waals surface area contributed by atoms with Gasteiger partial charge in [-0.2, -0.15) is 0 Å². The summed E-state index contributed by atoms with van der Waals surface area (Å²) in [5.74, 6) is 6.71. The van der Waals surface area contributed by atoms with Gasteiger partial charge in [-0.3, -0.25) is 5.84 Å². The fourth-order valence-electron chi connectivity index (χ4n) is 2.35. The van der Waals surface area contributed by atoms with Crippen LogP contribution in [0.4, 0.5) is 0 Å². The Morgan fingerprint density at radius 2 is 1.86 bits per heavy atom. The Labute approximate surface area is 134 Å². The summed E-state index contributed by atoms with van der Waals surface area (Å²) >= 11 is 3.58. The number of hydrogen-bond acceptors (Lipinski definition) is 3. The molecule has 0 spiro atoms. The van der Waals surface area contributed by atoms with Crippen LogP contribution in [0.1, 0.15) is 36.1 Å². The monoisotopic (exact) mass is 348 g/mol. The molecular weight excluding hydrogens is 328 g/mol. The lowest BCUT2D eigenvalue weighted by Gasteiger charge is -2.22. The van der Waals surface area contributed by atoms with Crippen LogP contribution in [0, 0.1) is 6.92 Å². The molecule has 1 unspecified atom stereocenters. The topological polar surface area (TPSA) is 47.3 Å². The predicted molar refractivity (Wildman–Crippen MR) is 90.3 cm³/mol. The first-order valence-corrected chi connectivity index (χ1v) is 7.91. The Kier molecular flexibility index (Phi) is 5.79. The van der Waals surface area contributed by atoms with Gasteiger partial charge in [0.15, 0.2) is 0 Å². The maximum atomic E-state index is 5.85. The van der Waals surface area contributed by atoms with Gasteiger partial charge in [0.1, 0.15) is 5.75 Å². The van der Waals surface area contributed by atoms with Gasteiger partial charge in [0.25, 0.3) is 0 Å². The Balaban J connectivity index is 2.44. The van der Waals surface area contributed by atoms with Crippen molar-refractivity contribution in [1.82, 2.24) is 5.43 Å². The molecule has 0 saturated carbocycles. The molecule has 0 aromatic heterocycles. The lowest BCUT2D eigenvalue weighted by Crippen LogP contribution is -2.29. The summed E-state index contributed by atoms with van der Waals surface area (Å²) in [5, 5.41) is 0. The third-order valence-electron chi connectivity index (χ3n) is 3.48. The molecule has 0 amide bonds. The van der Waals surface area contributed by atoms with Crippen molar-refractivity contribution in [2.45, 2.75) is 26.3 Å². The number of hydrazine groups is 1. The smallest absolute Gasteiger partial charge is 0.124 e. The second-order valence-electron chi connectivity index (χ2n) is 4.94. The second-order valence-corrected chi connectivity index (χ2v) is 5.79. The highest BCUT2D eigenvalue weighted by molar-refractivity contribution is 9.10. The molecule has 3 nitrogen and oxygen atoms in total. The van der Waals surface area contributed by atoms with E-state index in [2.05, 4.69) is 47.3 Å². The lowest BCUT2D eigenvalue weighted by atomic mass is 9.95. The molecule has 2 aromatic rings. The summed E-state index contributed by atoms with van der Waals surface area (Å²) in [6.07, 6.45) is 0.977. The van der Waals surface area contributed by atoms with Gasteiger partial charge in [-0.25, -0.2) is 5.43 Å². The van der Waals surface area contributed by atoms with Crippen molar-refractivity contribution < 1.29 is 4.74 Å². The zero-order chi connectivity index (χ0) is 15.2. The van der Waals surface area contributed by atoms with Crippen LogP contribution in [0.2, 0.25) is 0 Å². The third kappa shape index (κ3) is 3.64. The summed E-state index contributed by atoms with van der Waals surface area (Å²) in [6, 6.07) is 14.1. The van der Waals surface area contributed by atoms with E-state index < -0.39 is 0 Å². The number of benzene rings is 2. The van der Waals surface area contributed by atoms with Crippen LogP contribution in [0.3, 0.4) is 0 Å². The van der Waals surface area contributed by atoms with E-state index in [4.69, 9.17) is 10.6 Å². The molecule has 0 saturated heterocycles. The van der Waals surface area contributed by atoms with E-state index in [0.717, 1.165) is 27.8 Å². The third-order valence-corrected chi connectivity index (χ3v) is 4.34. The van der Waals surface area contributed by atoms with Crippen LogP contribution < -0.4 is 16.0 Å². The Morgan fingerprint density at radius 3 is 2.57 bits per heavy atom. The minimum atomic E-state index is -0.101. The molecule has 3 N–H and O–H groups in total. The Hall–Kier alpha value is -1.36. The predicted octanol–water partition coefficient (Wildman–Crippen LogP) is 4.10. The summed E-state index contributed by atoms with van der Waals surface area (Å²) < 4.78 is 6.93. The van der Waals surface area contributed by atoms with Gasteiger partial charge in [0.2, 0.25) is 0 Å². The zero-order valence-electron chi connectivity index (χ0n) is 12.4. The Bertz CT molecular complexity index is 601. The molecule has 0 fully saturated rings. The SMILES string of the molecule is CCCOc1ccccc1C(NN)c1cccc(Br)c1C. The second kappa shape index (κ2) is 7.59. The lowest BCUT2D eigenvalue weighted by molar-refractivity contribution is 0.311. The highest BCUT2D eigenvalue weighted by Crippen LogP contribution is 2.33. The van der Waals surface area contributed by atoms with Crippen molar-refractivity contribution in [3.63, 3.8) is 0 Å². The van der Waals surface area contributed by atoms with Crippen molar-refractivity contribution in [3.8, 4) is 5.75 Å². The fraction of sp³-hybridized carbons (Fsp3) is 0.294. The van der Waals surface area contributed by atoms with Crippen molar-refractivity contribution in [3.05, 3.63) is 63.6 Å². The van der Waals surface area contributed by atoms with Gasteiger partial charge in [0.05, 0.1) is 12.6 Å². The van der Waals surface area contributed by atoms with Gasteiger partial charge >= 0.3 is 0 Å². The molecule has 0 aliphatic heterocycles. The van der Waals surface area contributed by atoms with E-state index >= 15 is 0 Å². The minimum Gasteiger partial charge on any atom is -0.493 e. The number of rotatable bonds is 6. The number of nitrogens with one attached hydrogen (secondary N) is 1. The van der Waals surface area contributed by atoms with Gasteiger partial charge in [-0.1, -0.05) is 53.2 Å². The van der Waals surface area contributed by atoms with Crippen LogP contribution in [0.5, 0.6) is 5.75 Å². The molecule has 2 aromatic carbocycles. The van der Waals surface area contributed by atoms with Gasteiger partial charge in [-0.05, 0) is 36.6 Å². The molecule has 4 heteroatoms. The van der Waals surface area contributed by atoms with Crippen LogP contribution >= 0.6 is 15.9 Å². The molecule has 0 aliphatic rings. The van der Waals surface area contributed by atoms with E-state index in [9.17, 15) is 0 Å². The average molecular weight is 349 g/mol. The standard InChI is InChI=1S/C17H21BrN2O/c1-3-11-21-16-10-5-4-7-14(16)17(20-19)13-8-6-9-15(18)12(13)2/h4-10,17,20H,3,11,19H2,1-2H3. The summed E-state index contributed by atoms with van der Waals surface area (Å²) in [6.45, 7) is 4.88. The first kappa shape index (κ1) is 16.0. The first-order chi connectivity index (χ1) is 10.2. The van der Waals surface area contributed by atoms with Gasteiger partial charge in [0, 0.05) is 10.0 Å². The van der Waals surface area contributed by atoms with E-state index in [0.29, 0.717) is 6.61 Å². The van der Waals surface area contributed by atoms with Crippen LogP contribution in [0.25, 0.3) is 0 Å². The minimum absolute atomic E-state index is 0.101. The molecule has 112 valence electrons. The van der Waals surface area contributed by atoms with E-state index in [1.54, 1.807) is 0 Å². The van der Waals surface area contributed by atoms with Crippen molar-refractivity contribution in [1.29, 1.82) is 0 Å². The maximum Gasteiger partial charge on any atom is 0.124 e. The van der Waals surface area contributed by atoms with Gasteiger partial charge < -0.3 is 4.74 Å². The summed E-state index contributed by atoms with van der Waals surface area (Å²) in [5.41, 5.74) is 6.28. The Morgan fingerprint density at radius 1 is 1.14 bits per heavy atom. The molecule has 0 aliphatic carbocycles. The summed E-state index contributed by atoms with van der Waals surface area (Å²) in [4.78, 5) is 0. The van der Waals surface area contributed by atoms with Crippen LogP contribution in [0.15, 0.2) is 46.9 Å². The molecule has 21 heavy (non-hydrogen) atoms. The van der Waals surface area contributed by atoms with E-state index in [1.165, 1.54) is 5.56 Å². The highest BCUT2D eigenvalue weighted by atomic mass is 79.9. The largest absolute Gasteiger partial charge is 0.493 e. The number of ether oxygens (including phenoxy) is 1. The van der Waals surface area contributed by atoms with Gasteiger partial charge in [-0.15, -0.1) is 0 Å². The quantitative estimate of drug-likeness (QED) is 0.610. The number of halogens is 1. The molecule has 2 rings (SSSR count). The molecule has 1 atom stereocenters. The first-order valence-electron chi connectivity index (χ1n) is 7.11. The van der Waals surface area contributed by atoms with Crippen molar-refractivity contribution in [2.75, 3.05) is 6.61 Å². The van der Waals surface area contributed by atoms with Crippen LogP contribution in [-0.2, 0) is 0 Å². The molecule has 0 heterocycles. The zero-order valence-corrected chi connectivity index (χ0v) is 14.0. The number of para-hydroxylation sites is 1. The number of hydrogen-bond donors (Lipinski definition) is 2. The molecule has 0 bridgehead atoms. The normalized spacial score (nSPS) is 12.2. The van der Waals surface area contributed by atoms with Crippen molar-refractivity contribution in [2.24, 2.45) is 5.84 Å². The highest BCUT2D eigenvalue weighted by Gasteiger charge is 2.19. The summed E-state index contributed by atoms with van der Waals surface area (Å²) in [7, 11) is 0. The van der Waals surface area contributed by atoms with Crippen molar-refractivity contribution >= 4 is 15.9 Å².